The van der Waals surface area contributed by atoms with Gasteiger partial charge in [-0.2, -0.15) is 0 Å². The molecule has 2 rings (SSSR count). The van der Waals surface area contributed by atoms with E-state index in [0.29, 0.717) is 5.69 Å². The zero-order valence-electron chi connectivity index (χ0n) is 7.19. The van der Waals surface area contributed by atoms with Gasteiger partial charge in [-0.1, -0.05) is 6.07 Å². The molecule has 0 aliphatic heterocycles. The smallest absolute Gasteiger partial charge is 0.269 e. The molecule has 0 aromatic carbocycles. The minimum Gasteiger partial charge on any atom is -0.364 e. The summed E-state index contributed by atoms with van der Waals surface area (Å²) >= 11 is 0. The van der Waals surface area contributed by atoms with Crippen LogP contribution in [0.25, 0.3) is 5.52 Å². The van der Waals surface area contributed by atoms with Gasteiger partial charge >= 0.3 is 0 Å². The van der Waals surface area contributed by atoms with Crippen LogP contribution in [0.3, 0.4) is 0 Å². The van der Waals surface area contributed by atoms with Crippen molar-refractivity contribution in [2.75, 3.05) is 0 Å². The Kier molecular flexibility index (Phi) is 1.55. The first-order chi connectivity index (χ1) is 6.18. The first-order valence-electron chi connectivity index (χ1n) is 3.91. The Labute approximate surface area is 75.0 Å². The van der Waals surface area contributed by atoms with Crippen molar-refractivity contribution in [1.82, 2.24) is 9.38 Å². The SMILES string of the molecule is Cc1ccc2c(C(N)=O)ncn2c1. The van der Waals surface area contributed by atoms with Crippen LogP contribution in [-0.4, -0.2) is 15.3 Å². The van der Waals surface area contributed by atoms with Crippen LogP contribution < -0.4 is 5.73 Å². The van der Waals surface area contributed by atoms with E-state index >= 15 is 0 Å². The molecule has 66 valence electrons. The van der Waals surface area contributed by atoms with E-state index in [0.717, 1.165) is 11.1 Å². The number of fused-ring (bicyclic) bond motifs is 1. The van der Waals surface area contributed by atoms with Gasteiger partial charge in [-0.15, -0.1) is 0 Å². The predicted molar refractivity (Wildman–Crippen MR) is 48.4 cm³/mol. The maximum atomic E-state index is 10.9. The van der Waals surface area contributed by atoms with Gasteiger partial charge in [-0.25, -0.2) is 4.98 Å². The maximum absolute atomic E-state index is 10.9. The molecule has 2 aromatic rings. The highest BCUT2D eigenvalue weighted by Gasteiger charge is 2.08. The summed E-state index contributed by atoms with van der Waals surface area (Å²) in [6, 6.07) is 3.76. The van der Waals surface area contributed by atoms with Gasteiger partial charge in [0.1, 0.15) is 6.33 Å². The standard InChI is InChI=1S/C9H9N3O/c1-6-2-3-7-8(9(10)13)11-5-12(7)4-6/h2-5H,1H3,(H2,10,13). The Balaban J connectivity index is 2.76. The van der Waals surface area contributed by atoms with Gasteiger partial charge in [0.2, 0.25) is 0 Å². The van der Waals surface area contributed by atoms with Gasteiger partial charge in [-0.3, -0.25) is 4.79 Å². The van der Waals surface area contributed by atoms with Crippen LogP contribution in [0.15, 0.2) is 24.7 Å². The van der Waals surface area contributed by atoms with Gasteiger partial charge < -0.3 is 10.1 Å². The number of nitrogens with two attached hydrogens (primary N) is 1. The molecule has 0 radical (unpaired) electrons. The van der Waals surface area contributed by atoms with Gasteiger partial charge in [-0.05, 0) is 18.6 Å². The molecule has 1 amide bonds. The number of amides is 1. The molecule has 0 fully saturated rings. The zero-order chi connectivity index (χ0) is 9.42. The summed E-state index contributed by atoms with van der Waals surface area (Å²) in [4.78, 5) is 14.8. The Morgan fingerprint density at radius 3 is 3.00 bits per heavy atom. The zero-order valence-corrected chi connectivity index (χ0v) is 7.19. The average Bonchev–Trinajstić information content (AvgIpc) is 2.46. The third kappa shape index (κ3) is 1.16. The lowest BCUT2D eigenvalue weighted by Crippen LogP contribution is -2.11. The van der Waals surface area contributed by atoms with Crippen molar-refractivity contribution in [3.63, 3.8) is 0 Å². The van der Waals surface area contributed by atoms with Crippen LogP contribution in [0.4, 0.5) is 0 Å². The molecule has 4 heteroatoms. The Bertz CT molecular complexity index is 473. The maximum Gasteiger partial charge on any atom is 0.269 e. The first-order valence-corrected chi connectivity index (χ1v) is 3.91. The van der Waals surface area contributed by atoms with Crippen molar-refractivity contribution in [2.45, 2.75) is 6.92 Å². The number of primary amides is 1. The van der Waals surface area contributed by atoms with Crippen molar-refractivity contribution in [3.8, 4) is 0 Å². The number of hydrogen-bond donors (Lipinski definition) is 1. The summed E-state index contributed by atoms with van der Waals surface area (Å²) in [7, 11) is 0. The predicted octanol–water partition coefficient (Wildman–Crippen LogP) is 0.742. The molecule has 2 heterocycles. The second kappa shape index (κ2) is 2.58. The largest absolute Gasteiger partial charge is 0.364 e. The van der Waals surface area contributed by atoms with Crippen LogP contribution in [-0.2, 0) is 0 Å². The third-order valence-corrected chi connectivity index (χ3v) is 1.91. The number of carbonyl (C=O) groups excluding carboxylic acids is 1. The normalized spacial score (nSPS) is 10.5. The molecule has 0 bridgehead atoms. The van der Waals surface area contributed by atoms with Crippen molar-refractivity contribution in [1.29, 1.82) is 0 Å². The molecule has 0 unspecified atom stereocenters. The molecule has 4 nitrogen and oxygen atoms in total. The van der Waals surface area contributed by atoms with Crippen LogP contribution in [0.5, 0.6) is 0 Å². The van der Waals surface area contributed by atoms with Crippen molar-refractivity contribution < 1.29 is 4.79 Å². The number of nitrogens with zero attached hydrogens (tertiary/aromatic N) is 2. The van der Waals surface area contributed by atoms with Crippen molar-refractivity contribution >= 4 is 11.4 Å². The Morgan fingerprint density at radius 2 is 2.31 bits per heavy atom. The molecule has 2 N–H and O–H groups in total. The second-order valence-corrected chi connectivity index (χ2v) is 2.96. The number of imidazole rings is 1. The van der Waals surface area contributed by atoms with Crippen molar-refractivity contribution in [2.24, 2.45) is 5.73 Å². The number of aromatic nitrogens is 2. The summed E-state index contributed by atoms with van der Waals surface area (Å²) < 4.78 is 1.79. The molecule has 2 aromatic heterocycles. The summed E-state index contributed by atoms with van der Waals surface area (Å²) in [6.45, 7) is 1.98. The van der Waals surface area contributed by atoms with E-state index in [2.05, 4.69) is 4.98 Å². The molecular formula is C9H9N3O. The quantitative estimate of drug-likeness (QED) is 0.694. The summed E-state index contributed by atoms with van der Waals surface area (Å²) in [5.41, 5.74) is 7.33. The molecular weight excluding hydrogens is 166 g/mol. The molecule has 13 heavy (non-hydrogen) atoms. The van der Waals surface area contributed by atoms with E-state index in [4.69, 9.17) is 5.73 Å². The fourth-order valence-electron chi connectivity index (χ4n) is 1.30. The molecule has 0 aliphatic rings. The fourth-order valence-corrected chi connectivity index (χ4v) is 1.30. The van der Waals surface area contributed by atoms with E-state index in [1.54, 1.807) is 10.7 Å². The summed E-state index contributed by atoms with van der Waals surface area (Å²) in [6.07, 6.45) is 3.48. The summed E-state index contributed by atoms with van der Waals surface area (Å²) in [5.74, 6) is -0.494. The van der Waals surface area contributed by atoms with Gasteiger partial charge in [0.25, 0.3) is 5.91 Å². The lowest BCUT2D eigenvalue weighted by atomic mass is 10.2. The lowest BCUT2D eigenvalue weighted by Gasteiger charge is -1.95. The average molecular weight is 175 g/mol. The lowest BCUT2D eigenvalue weighted by molar-refractivity contribution is 0.0997. The molecule has 0 saturated heterocycles. The minimum atomic E-state index is -0.494. The number of hydrogen-bond acceptors (Lipinski definition) is 2. The molecule has 0 saturated carbocycles. The highest BCUT2D eigenvalue weighted by molar-refractivity contribution is 5.97. The monoisotopic (exact) mass is 175 g/mol. The number of rotatable bonds is 1. The van der Waals surface area contributed by atoms with Gasteiger partial charge in [0.05, 0.1) is 5.52 Å². The Hall–Kier alpha value is -1.84. The van der Waals surface area contributed by atoms with E-state index in [1.165, 1.54) is 0 Å². The van der Waals surface area contributed by atoms with E-state index < -0.39 is 5.91 Å². The molecule has 0 spiro atoms. The van der Waals surface area contributed by atoms with Gasteiger partial charge in [0.15, 0.2) is 5.69 Å². The number of pyridine rings is 1. The highest BCUT2D eigenvalue weighted by atomic mass is 16.1. The third-order valence-electron chi connectivity index (χ3n) is 1.91. The molecule has 0 atom stereocenters. The topological polar surface area (TPSA) is 60.4 Å². The van der Waals surface area contributed by atoms with E-state index in [9.17, 15) is 4.79 Å². The number of aryl methyl sites for hydroxylation is 1. The first kappa shape index (κ1) is 7.79. The van der Waals surface area contributed by atoms with Crippen LogP contribution in [0.2, 0.25) is 0 Å². The minimum absolute atomic E-state index is 0.319. The summed E-state index contributed by atoms with van der Waals surface area (Å²) in [5, 5.41) is 0. The van der Waals surface area contributed by atoms with Gasteiger partial charge in [0, 0.05) is 6.20 Å². The molecule has 0 aliphatic carbocycles. The van der Waals surface area contributed by atoms with Crippen molar-refractivity contribution in [3.05, 3.63) is 35.9 Å². The fraction of sp³-hybridized carbons (Fsp3) is 0.111. The number of carbonyl (C=O) groups is 1. The van der Waals surface area contributed by atoms with Crippen LogP contribution in [0.1, 0.15) is 16.1 Å². The van der Waals surface area contributed by atoms with Crippen LogP contribution in [0, 0.1) is 6.92 Å². The second-order valence-electron chi connectivity index (χ2n) is 2.96. The van der Waals surface area contributed by atoms with E-state index in [-0.39, 0.29) is 0 Å². The van der Waals surface area contributed by atoms with E-state index in [1.807, 2.05) is 25.3 Å². The Morgan fingerprint density at radius 1 is 1.54 bits per heavy atom. The highest BCUT2D eigenvalue weighted by Crippen LogP contribution is 2.09. The van der Waals surface area contributed by atoms with Crippen LogP contribution >= 0.6 is 0 Å².